The molecule has 0 radical (unpaired) electrons. The molecule has 0 aliphatic carbocycles. The molecule has 0 atom stereocenters. The fraction of sp³-hybridized carbons (Fsp3) is 0.0833. The van der Waals surface area contributed by atoms with Crippen LogP contribution in [-0.4, -0.2) is 13.0 Å². The number of rotatable bonds is 1. The molecule has 1 N–H and O–H groups in total. The number of hydrogen-bond acceptors (Lipinski definition) is 2. The first kappa shape index (κ1) is 10.1. The number of amides is 1. The van der Waals surface area contributed by atoms with Gasteiger partial charge in [0, 0.05) is 11.9 Å². The Labute approximate surface area is 93.7 Å². The largest absolute Gasteiger partial charge is 0.355 e. The third-order valence-electron chi connectivity index (χ3n) is 2.37. The maximum absolute atomic E-state index is 11.5. The van der Waals surface area contributed by atoms with E-state index in [-0.39, 0.29) is 5.91 Å². The van der Waals surface area contributed by atoms with Gasteiger partial charge in [-0.15, -0.1) is 12.6 Å². The lowest BCUT2D eigenvalue weighted by molar-refractivity contribution is 0.0960. The van der Waals surface area contributed by atoms with Crippen molar-refractivity contribution < 1.29 is 4.79 Å². The first-order valence-corrected chi connectivity index (χ1v) is 5.11. The highest BCUT2D eigenvalue weighted by atomic mass is 32.1. The minimum atomic E-state index is -0.106. The molecule has 0 bridgehead atoms. The molecule has 0 aromatic heterocycles. The van der Waals surface area contributed by atoms with Gasteiger partial charge in [0.25, 0.3) is 5.91 Å². The van der Waals surface area contributed by atoms with E-state index in [9.17, 15) is 4.79 Å². The predicted octanol–water partition coefficient (Wildman–Crippen LogP) is 2.49. The number of hydrogen-bond donors (Lipinski definition) is 2. The molecule has 0 spiro atoms. The first-order valence-electron chi connectivity index (χ1n) is 4.67. The molecule has 2 nitrogen and oxygen atoms in total. The Morgan fingerprint density at radius 2 is 1.93 bits per heavy atom. The number of fused-ring (bicyclic) bond motifs is 1. The molecule has 0 fully saturated rings. The highest BCUT2D eigenvalue weighted by Crippen LogP contribution is 2.25. The summed E-state index contributed by atoms with van der Waals surface area (Å²) in [5, 5.41) is 4.69. The molecule has 0 aliphatic heterocycles. The number of thiol groups is 1. The zero-order valence-corrected chi connectivity index (χ0v) is 9.21. The molecule has 76 valence electrons. The lowest BCUT2D eigenvalue weighted by Gasteiger charge is -2.06. The molecule has 1 amide bonds. The van der Waals surface area contributed by atoms with Crippen LogP contribution in [-0.2, 0) is 0 Å². The molecule has 2 aromatic carbocycles. The summed E-state index contributed by atoms with van der Waals surface area (Å²) in [6.07, 6.45) is 0. The minimum absolute atomic E-state index is 0.106. The van der Waals surface area contributed by atoms with E-state index in [0.717, 1.165) is 15.7 Å². The molecule has 0 heterocycles. The Morgan fingerprint density at radius 3 is 2.67 bits per heavy atom. The average molecular weight is 217 g/mol. The van der Waals surface area contributed by atoms with Crippen LogP contribution < -0.4 is 5.32 Å². The smallest absolute Gasteiger partial charge is 0.252 e. The van der Waals surface area contributed by atoms with Crippen LogP contribution in [0.4, 0.5) is 0 Å². The van der Waals surface area contributed by atoms with E-state index in [1.54, 1.807) is 13.1 Å². The fourth-order valence-corrected chi connectivity index (χ4v) is 1.95. The summed E-state index contributed by atoms with van der Waals surface area (Å²) < 4.78 is 0. The normalized spacial score (nSPS) is 10.3. The predicted molar refractivity (Wildman–Crippen MR) is 64.6 cm³/mol. The Hall–Kier alpha value is -1.48. The fourth-order valence-electron chi connectivity index (χ4n) is 1.57. The van der Waals surface area contributed by atoms with E-state index < -0.39 is 0 Å². The molecule has 3 heteroatoms. The lowest BCUT2D eigenvalue weighted by atomic mass is 10.1. The Balaban J connectivity index is 2.70. The van der Waals surface area contributed by atoms with Crippen LogP contribution in [0.5, 0.6) is 0 Å². The molecule has 2 rings (SSSR count). The van der Waals surface area contributed by atoms with Gasteiger partial charge in [-0.1, -0.05) is 30.3 Å². The second kappa shape index (κ2) is 3.95. The van der Waals surface area contributed by atoms with Crippen LogP contribution in [0, 0.1) is 0 Å². The first-order chi connectivity index (χ1) is 7.24. The van der Waals surface area contributed by atoms with Crippen LogP contribution >= 0.6 is 12.6 Å². The number of benzene rings is 2. The van der Waals surface area contributed by atoms with E-state index in [4.69, 9.17) is 0 Å². The van der Waals surface area contributed by atoms with Gasteiger partial charge in [0.15, 0.2) is 0 Å². The standard InChI is InChI=1S/C12H11NOS/c1-13-12(14)10-7-6-8-4-2-3-5-9(8)11(10)15/h2-7,15H,1H3,(H,13,14). The summed E-state index contributed by atoms with van der Waals surface area (Å²) in [7, 11) is 1.62. The summed E-state index contributed by atoms with van der Waals surface area (Å²) in [4.78, 5) is 12.2. The summed E-state index contributed by atoms with van der Waals surface area (Å²) in [5.41, 5.74) is 0.611. The molecule has 15 heavy (non-hydrogen) atoms. The maximum Gasteiger partial charge on any atom is 0.252 e. The molecule has 0 aliphatic rings. The highest BCUT2D eigenvalue weighted by Gasteiger charge is 2.09. The summed E-state index contributed by atoms with van der Waals surface area (Å²) >= 11 is 4.40. The lowest BCUT2D eigenvalue weighted by Crippen LogP contribution is -2.18. The number of nitrogens with one attached hydrogen (secondary N) is 1. The van der Waals surface area contributed by atoms with Crippen molar-refractivity contribution >= 4 is 29.3 Å². The Bertz CT molecular complexity index is 522. The van der Waals surface area contributed by atoms with Gasteiger partial charge in [-0.05, 0) is 16.8 Å². The van der Waals surface area contributed by atoms with E-state index in [1.807, 2.05) is 30.3 Å². The van der Waals surface area contributed by atoms with Crippen molar-refractivity contribution in [3.63, 3.8) is 0 Å². The van der Waals surface area contributed by atoms with E-state index in [1.165, 1.54) is 0 Å². The quantitative estimate of drug-likeness (QED) is 0.706. The second-order valence-corrected chi connectivity index (χ2v) is 3.71. The molecule has 0 saturated carbocycles. The number of carbonyl (C=O) groups is 1. The summed E-state index contributed by atoms with van der Waals surface area (Å²) in [6, 6.07) is 11.6. The molecule has 2 aromatic rings. The van der Waals surface area contributed by atoms with Crippen molar-refractivity contribution in [2.45, 2.75) is 4.90 Å². The van der Waals surface area contributed by atoms with Crippen LogP contribution in [0.25, 0.3) is 10.8 Å². The topological polar surface area (TPSA) is 29.1 Å². The van der Waals surface area contributed by atoms with Crippen molar-refractivity contribution in [1.82, 2.24) is 5.32 Å². The van der Waals surface area contributed by atoms with Gasteiger partial charge in [0.2, 0.25) is 0 Å². The third-order valence-corrected chi connectivity index (χ3v) is 2.85. The van der Waals surface area contributed by atoms with Gasteiger partial charge in [0.1, 0.15) is 0 Å². The zero-order chi connectivity index (χ0) is 10.8. The highest BCUT2D eigenvalue weighted by molar-refractivity contribution is 7.80. The summed E-state index contributed by atoms with van der Waals surface area (Å²) in [5.74, 6) is -0.106. The van der Waals surface area contributed by atoms with Crippen molar-refractivity contribution in [2.24, 2.45) is 0 Å². The minimum Gasteiger partial charge on any atom is -0.355 e. The van der Waals surface area contributed by atoms with E-state index >= 15 is 0 Å². The van der Waals surface area contributed by atoms with Crippen LogP contribution in [0.1, 0.15) is 10.4 Å². The van der Waals surface area contributed by atoms with Crippen LogP contribution in [0.3, 0.4) is 0 Å². The van der Waals surface area contributed by atoms with Crippen molar-refractivity contribution in [1.29, 1.82) is 0 Å². The van der Waals surface area contributed by atoms with Gasteiger partial charge in [0.05, 0.1) is 5.56 Å². The van der Waals surface area contributed by atoms with Crippen LogP contribution in [0.2, 0.25) is 0 Å². The van der Waals surface area contributed by atoms with Gasteiger partial charge in [-0.2, -0.15) is 0 Å². The second-order valence-electron chi connectivity index (χ2n) is 3.26. The van der Waals surface area contributed by atoms with Gasteiger partial charge < -0.3 is 5.32 Å². The van der Waals surface area contributed by atoms with Crippen molar-refractivity contribution in [2.75, 3.05) is 7.05 Å². The Kier molecular flexibility index (Phi) is 2.64. The SMILES string of the molecule is CNC(=O)c1ccc2ccccc2c1S. The van der Waals surface area contributed by atoms with Crippen LogP contribution in [0.15, 0.2) is 41.3 Å². The average Bonchev–Trinajstić information content (AvgIpc) is 2.29. The monoisotopic (exact) mass is 217 g/mol. The van der Waals surface area contributed by atoms with Gasteiger partial charge in [-0.3, -0.25) is 4.79 Å². The van der Waals surface area contributed by atoms with Gasteiger partial charge in [-0.25, -0.2) is 0 Å². The van der Waals surface area contributed by atoms with E-state index in [2.05, 4.69) is 17.9 Å². The van der Waals surface area contributed by atoms with Gasteiger partial charge >= 0.3 is 0 Å². The molecular formula is C12H11NOS. The third kappa shape index (κ3) is 1.70. The number of carbonyl (C=O) groups excluding carboxylic acids is 1. The zero-order valence-electron chi connectivity index (χ0n) is 8.32. The van der Waals surface area contributed by atoms with Crippen molar-refractivity contribution in [3.05, 3.63) is 42.0 Å². The molecular weight excluding hydrogens is 206 g/mol. The molecule has 0 saturated heterocycles. The Morgan fingerprint density at radius 1 is 1.20 bits per heavy atom. The summed E-state index contributed by atoms with van der Waals surface area (Å²) in [6.45, 7) is 0. The van der Waals surface area contributed by atoms with E-state index in [0.29, 0.717) is 5.56 Å². The van der Waals surface area contributed by atoms with Crippen molar-refractivity contribution in [3.8, 4) is 0 Å². The molecule has 0 unspecified atom stereocenters. The maximum atomic E-state index is 11.5.